The number of carbonyl (C=O) groups excluding carboxylic acids is 1. The summed E-state index contributed by atoms with van der Waals surface area (Å²) in [6.45, 7) is 2.62. The summed E-state index contributed by atoms with van der Waals surface area (Å²) in [6.07, 6.45) is 2.86. The molecule has 1 fully saturated rings. The fraction of sp³-hybridized carbons (Fsp3) is 0.381. The van der Waals surface area contributed by atoms with Crippen molar-refractivity contribution in [3.63, 3.8) is 0 Å². The fourth-order valence-corrected chi connectivity index (χ4v) is 4.30. The SMILES string of the molecule is NCCc1ccc(SC2CCN(C(=O)NNCc3ccc(F)cc3)CC2)cc1. The van der Waals surface area contributed by atoms with Crippen molar-refractivity contribution in [1.82, 2.24) is 15.8 Å². The molecule has 4 N–H and O–H groups in total. The summed E-state index contributed by atoms with van der Waals surface area (Å²) in [7, 11) is 0. The molecule has 0 bridgehead atoms. The van der Waals surface area contributed by atoms with Gasteiger partial charge in [0.05, 0.1) is 0 Å². The van der Waals surface area contributed by atoms with Crippen LogP contribution in [0.2, 0.25) is 0 Å². The summed E-state index contributed by atoms with van der Waals surface area (Å²) in [5, 5.41) is 0.525. The van der Waals surface area contributed by atoms with Gasteiger partial charge in [0.15, 0.2) is 0 Å². The van der Waals surface area contributed by atoms with Gasteiger partial charge in [-0.05, 0) is 61.2 Å². The number of nitrogens with one attached hydrogen (secondary N) is 2. The maximum Gasteiger partial charge on any atom is 0.331 e. The molecule has 0 aliphatic carbocycles. The Balaban J connectivity index is 1.37. The third-order valence-electron chi connectivity index (χ3n) is 4.79. The van der Waals surface area contributed by atoms with Gasteiger partial charge in [-0.1, -0.05) is 24.3 Å². The first-order valence-corrected chi connectivity index (χ1v) is 10.5. The van der Waals surface area contributed by atoms with Crippen molar-refractivity contribution in [2.45, 2.75) is 36.0 Å². The first-order valence-electron chi connectivity index (χ1n) is 9.62. The number of hydrogen-bond donors (Lipinski definition) is 3. The Morgan fingerprint density at radius 1 is 1.07 bits per heavy atom. The Hall–Kier alpha value is -2.09. The minimum Gasteiger partial charge on any atom is -0.330 e. The number of hydrazine groups is 1. The minimum atomic E-state index is -0.264. The number of urea groups is 1. The van der Waals surface area contributed by atoms with Crippen LogP contribution in [0.1, 0.15) is 24.0 Å². The topological polar surface area (TPSA) is 70.4 Å². The lowest BCUT2D eigenvalue weighted by Crippen LogP contribution is -2.49. The van der Waals surface area contributed by atoms with Crippen LogP contribution in [0.25, 0.3) is 0 Å². The Labute approximate surface area is 169 Å². The summed E-state index contributed by atoms with van der Waals surface area (Å²) in [4.78, 5) is 15.4. The van der Waals surface area contributed by atoms with Crippen molar-refractivity contribution in [2.75, 3.05) is 19.6 Å². The molecule has 3 rings (SSSR count). The number of thioether (sulfide) groups is 1. The number of carbonyl (C=O) groups is 1. The molecule has 2 aromatic carbocycles. The van der Waals surface area contributed by atoms with Gasteiger partial charge in [0.1, 0.15) is 5.82 Å². The van der Waals surface area contributed by atoms with Crippen molar-refractivity contribution in [3.05, 3.63) is 65.5 Å². The lowest BCUT2D eigenvalue weighted by atomic mass is 10.1. The number of likely N-dealkylation sites (tertiary alicyclic amines) is 1. The molecule has 150 valence electrons. The molecule has 1 aliphatic heterocycles. The van der Waals surface area contributed by atoms with Crippen LogP contribution in [0.4, 0.5) is 9.18 Å². The zero-order chi connectivity index (χ0) is 19.8. The molecule has 2 amide bonds. The number of amides is 2. The summed E-state index contributed by atoms with van der Waals surface area (Å²) in [5.41, 5.74) is 13.4. The Morgan fingerprint density at radius 3 is 2.36 bits per heavy atom. The smallest absolute Gasteiger partial charge is 0.330 e. The molecule has 0 spiro atoms. The summed E-state index contributed by atoms with van der Waals surface area (Å²) in [6, 6.07) is 14.7. The monoisotopic (exact) mass is 402 g/mol. The van der Waals surface area contributed by atoms with Crippen LogP contribution < -0.4 is 16.6 Å². The van der Waals surface area contributed by atoms with E-state index in [-0.39, 0.29) is 11.8 Å². The zero-order valence-corrected chi connectivity index (χ0v) is 16.7. The molecule has 1 heterocycles. The predicted molar refractivity (Wildman–Crippen MR) is 111 cm³/mol. The molecule has 0 unspecified atom stereocenters. The minimum absolute atomic E-state index is 0.114. The van der Waals surface area contributed by atoms with Gasteiger partial charge >= 0.3 is 6.03 Å². The number of benzene rings is 2. The molecule has 0 aromatic heterocycles. The van der Waals surface area contributed by atoms with E-state index in [2.05, 4.69) is 35.1 Å². The predicted octanol–water partition coefficient (Wildman–Crippen LogP) is 3.30. The second kappa shape index (κ2) is 10.5. The van der Waals surface area contributed by atoms with Gasteiger partial charge in [0, 0.05) is 29.8 Å². The molecular formula is C21H27FN4OS. The molecule has 5 nitrogen and oxygen atoms in total. The van der Waals surface area contributed by atoms with Gasteiger partial charge in [0.2, 0.25) is 0 Å². The Bertz CT molecular complexity index is 746. The fourth-order valence-electron chi connectivity index (χ4n) is 3.17. The molecular weight excluding hydrogens is 375 g/mol. The first-order chi connectivity index (χ1) is 13.6. The third-order valence-corrected chi connectivity index (χ3v) is 6.14. The van der Waals surface area contributed by atoms with Crippen LogP contribution in [0.3, 0.4) is 0 Å². The molecule has 0 radical (unpaired) electrons. The van der Waals surface area contributed by atoms with Crippen molar-refractivity contribution >= 4 is 17.8 Å². The zero-order valence-electron chi connectivity index (χ0n) is 15.9. The van der Waals surface area contributed by atoms with E-state index < -0.39 is 0 Å². The number of nitrogens with two attached hydrogens (primary N) is 1. The van der Waals surface area contributed by atoms with E-state index in [1.807, 2.05) is 16.7 Å². The normalized spacial score (nSPS) is 14.9. The molecule has 1 saturated heterocycles. The highest BCUT2D eigenvalue weighted by Gasteiger charge is 2.23. The summed E-state index contributed by atoms with van der Waals surface area (Å²) >= 11 is 1.89. The highest BCUT2D eigenvalue weighted by Crippen LogP contribution is 2.30. The van der Waals surface area contributed by atoms with Crippen molar-refractivity contribution in [2.24, 2.45) is 5.73 Å². The standard InChI is InChI=1S/C21H27FN4OS/c22-18-5-1-17(2-6-18)15-24-25-21(27)26-13-10-20(11-14-26)28-19-7-3-16(4-8-19)9-12-23/h1-8,20,24H,9-15,23H2,(H,25,27). The molecule has 0 atom stereocenters. The lowest BCUT2D eigenvalue weighted by molar-refractivity contribution is 0.182. The van der Waals surface area contributed by atoms with Crippen molar-refractivity contribution < 1.29 is 9.18 Å². The van der Waals surface area contributed by atoms with Crippen LogP contribution >= 0.6 is 11.8 Å². The maximum absolute atomic E-state index is 12.9. The highest BCUT2D eigenvalue weighted by molar-refractivity contribution is 8.00. The third kappa shape index (κ3) is 6.22. The average molecular weight is 403 g/mol. The Kier molecular flexibility index (Phi) is 7.71. The average Bonchev–Trinajstić information content (AvgIpc) is 2.72. The number of rotatable bonds is 7. The van der Waals surface area contributed by atoms with E-state index in [4.69, 9.17) is 5.73 Å². The van der Waals surface area contributed by atoms with Gasteiger partial charge in [0.25, 0.3) is 0 Å². The first kappa shape index (κ1) is 20.6. The number of piperidine rings is 1. The van der Waals surface area contributed by atoms with Gasteiger partial charge in [-0.2, -0.15) is 0 Å². The van der Waals surface area contributed by atoms with Crippen molar-refractivity contribution in [1.29, 1.82) is 0 Å². The second-order valence-corrected chi connectivity index (χ2v) is 8.27. The van der Waals surface area contributed by atoms with E-state index in [0.717, 1.165) is 37.9 Å². The highest BCUT2D eigenvalue weighted by atomic mass is 32.2. The molecule has 2 aromatic rings. The summed E-state index contributed by atoms with van der Waals surface area (Å²) < 4.78 is 12.9. The summed E-state index contributed by atoms with van der Waals surface area (Å²) in [5.74, 6) is -0.264. The van der Waals surface area contributed by atoms with Crippen LogP contribution in [-0.4, -0.2) is 35.8 Å². The van der Waals surface area contributed by atoms with Crippen LogP contribution in [0.15, 0.2) is 53.4 Å². The van der Waals surface area contributed by atoms with Crippen molar-refractivity contribution in [3.8, 4) is 0 Å². The number of halogens is 1. The van der Waals surface area contributed by atoms with Gasteiger partial charge in [-0.15, -0.1) is 11.8 Å². The van der Waals surface area contributed by atoms with E-state index in [0.29, 0.717) is 18.3 Å². The molecule has 7 heteroatoms. The van der Waals surface area contributed by atoms with Gasteiger partial charge < -0.3 is 10.6 Å². The van der Waals surface area contributed by atoms with Gasteiger partial charge in [-0.3, -0.25) is 5.43 Å². The lowest BCUT2D eigenvalue weighted by Gasteiger charge is -2.31. The van der Waals surface area contributed by atoms with Crippen LogP contribution in [0.5, 0.6) is 0 Å². The number of nitrogens with zero attached hydrogens (tertiary/aromatic N) is 1. The molecule has 28 heavy (non-hydrogen) atoms. The van der Waals surface area contributed by atoms with E-state index in [1.165, 1.54) is 22.6 Å². The van der Waals surface area contributed by atoms with Crippen LogP contribution in [0, 0.1) is 5.82 Å². The second-order valence-electron chi connectivity index (χ2n) is 6.90. The Morgan fingerprint density at radius 2 is 1.71 bits per heavy atom. The van der Waals surface area contributed by atoms with Gasteiger partial charge in [-0.25, -0.2) is 14.6 Å². The largest absolute Gasteiger partial charge is 0.331 e. The number of hydrogen-bond acceptors (Lipinski definition) is 4. The quantitative estimate of drug-likeness (QED) is 0.622. The maximum atomic E-state index is 12.9. The molecule has 0 saturated carbocycles. The molecule has 1 aliphatic rings. The van der Waals surface area contributed by atoms with Crippen LogP contribution in [-0.2, 0) is 13.0 Å². The van der Waals surface area contributed by atoms with E-state index >= 15 is 0 Å². The van der Waals surface area contributed by atoms with E-state index in [1.54, 1.807) is 12.1 Å². The van der Waals surface area contributed by atoms with E-state index in [9.17, 15) is 9.18 Å².